The maximum atomic E-state index is 12.3. The highest BCUT2D eigenvalue weighted by molar-refractivity contribution is 7.89. The number of carbonyl (C=O) groups is 2. The summed E-state index contributed by atoms with van der Waals surface area (Å²) >= 11 is 0. The molecule has 0 spiro atoms. The van der Waals surface area contributed by atoms with Gasteiger partial charge in [0.05, 0.1) is 11.4 Å². The van der Waals surface area contributed by atoms with Gasteiger partial charge in [0.25, 0.3) is 0 Å². The zero-order valence-electron chi connectivity index (χ0n) is 22.1. The van der Waals surface area contributed by atoms with E-state index in [0.717, 1.165) is 33.7 Å². The number of sulfonamides is 1. The third-order valence-electron chi connectivity index (χ3n) is 6.44. The van der Waals surface area contributed by atoms with Crippen LogP contribution < -0.4 is 19.9 Å². The number of fused-ring (bicyclic) bond motifs is 2. The first-order valence-electron chi connectivity index (χ1n) is 12.7. The number of benzene rings is 3. The van der Waals surface area contributed by atoms with E-state index in [1.807, 2.05) is 49.4 Å². The Morgan fingerprint density at radius 3 is 2.30 bits per heavy atom. The van der Waals surface area contributed by atoms with Crippen LogP contribution in [0.3, 0.4) is 0 Å². The number of primary sulfonamides is 1. The number of amides is 2. The van der Waals surface area contributed by atoms with Gasteiger partial charge in [-0.05, 0) is 61.2 Å². The summed E-state index contributed by atoms with van der Waals surface area (Å²) in [6.07, 6.45) is 1.83. The van der Waals surface area contributed by atoms with Crippen molar-refractivity contribution < 1.29 is 27.5 Å². The van der Waals surface area contributed by atoms with Gasteiger partial charge in [-0.25, -0.2) is 13.6 Å². The lowest BCUT2D eigenvalue weighted by Crippen LogP contribution is -2.38. The number of nitrogens with one attached hydrogen (secondary N) is 2. The topological polar surface area (TPSA) is 144 Å². The van der Waals surface area contributed by atoms with Crippen molar-refractivity contribution in [3.63, 3.8) is 0 Å². The molecule has 1 aliphatic rings. The zero-order chi connectivity index (χ0) is 28.5. The van der Waals surface area contributed by atoms with Crippen molar-refractivity contribution in [1.82, 2.24) is 15.2 Å². The number of hydrogen-bond donors (Lipinski definition) is 3. The lowest BCUT2D eigenvalue weighted by molar-refractivity contribution is -0.128. The van der Waals surface area contributed by atoms with Gasteiger partial charge in [-0.3, -0.25) is 9.59 Å². The molecule has 11 heteroatoms. The molecular weight excluding hydrogens is 532 g/mol. The number of aromatic amines is 1. The van der Waals surface area contributed by atoms with Gasteiger partial charge < -0.3 is 24.7 Å². The molecule has 0 radical (unpaired) electrons. The van der Waals surface area contributed by atoms with E-state index in [9.17, 15) is 18.0 Å². The number of ether oxygens (including phenoxy) is 2. The minimum atomic E-state index is -3.73. The Balaban J connectivity index is 0.000000343. The smallest absolute Gasteiger partial charge is 0.239 e. The summed E-state index contributed by atoms with van der Waals surface area (Å²) < 4.78 is 32.8. The molecule has 0 bridgehead atoms. The second-order valence-corrected chi connectivity index (χ2v) is 10.8. The first-order valence-corrected chi connectivity index (χ1v) is 14.3. The molecule has 2 heterocycles. The molecule has 0 atom stereocenters. The molecule has 0 saturated carbocycles. The normalized spacial score (nSPS) is 11.9. The highest BCUT2D eigenvalue weighted by Gasteiger charge is 2.12. The molecule has 1 aliphatic heterocycles. The fourth-order valence-corrected chi connectivity index (χ4v) is 4.87. The highest BCUT2D eigenvalue weighted by atomic mass is 32.2. The van der Waals surface area contributed by atoms with Crippen LogP contribution in [0.1, 0.15) is 16.8 Å². The quantitative estimate of drug-likeness (QED) is 0.253. The molecule has 210 valence electrons. The molecule has 0 fully saturated rings. The van der Waals surface area contributed by atoms with Crippen molar-refractivity contribution in [2.45, 2.75) is 24.7 Å². The average Bonchev–Trinajstić information content (AvgIpc) is 3.55. The van der Waals surface area contributed by atoms with E-state index in [-0.39, 0.29) is 17.3 Å². The molecule has 10 nitrogen and oxygen atoms in total. The number of carbonyl (C=O) groups excluding carboxylic acids is 2. The third kappa shape index (κ3) is 7.61. The van der Waals surface area contributed by atoms with Crippen LogP contribution in [0.15, 0.2) is 77.7 Å². The predicted octanol–water partition coefficient (Wildman–Crippen LogP) is 2.90. The number of aryl methyl sites for hydroxylation is 1. The molecule has 4 N–H and O–H groups in total. The van der Waals surface area contributed by atoms with Gasteiger partial charge in [-0.1, -0.05) is 42.5 Å². The monoisotopic (exact) mass is 564 g/mol. The first kappa shape index (κ1) is 28.7. The van der Waals surface area contributed by atoms with E-state index in [2.05, 4.69) is 16.4 Å². The van der Waals surface area contributed by atoms with Crippen molar-refractivity contribution in [3.8, 4) is 11.5 Å². The second-order valence-electron chi connectivity index (χ2n) is 9.24. The molecule has 0 saturated heterocycles. The summed E-state index contributed by atoms with van der Waals surface area (Å²) in [7, 11) is -3.73. The largest absolute Gasteiger partial charge is 0.454 e. The summed E-state index contributed by atoms with van der Waals surface area (Å²) in [4.78, 5) is 28.4. The molecule has 3 aromatic carbocycles. The zero-order valence-corrected chi connectivity index (χ0v) is 22.9. The maximum absolute atomic E-state index is 12.3. The van der Waals surface area contributed by atoms with Gasteiger partial charge in [-0.15, -0.1) is 0 Å². The maximum Gasteiger partial charge on any atom is 0.239 e. The van der Waals surface area contributed by atoms with Crippen LogP contribution in [-0.4, -0.2) is 57.0 Å². The van der Waals surface area contributed by atoms with Crippen LogP contribution in [0.4, 0.5) is 0 Å². The van der Waals surface area contributed by atoms with Crippen LogP contribution >= 0.6 is 0 Å². The van der Waals surface area contributed by atoms with Gasteiger partial charge in [0.15, 0.2) is 11.5 Å². The average molecular weight is 565 g/mol. The fourth-order valence-electron chi connectivity index (χ4n) is 4.36. The van der Waals surface area contributed by atoms with E-state index in [1.165, 1.54) is 22.6 Å². The van der Waals surface area contributed by atoms with E-state index < -0.39 is 10.0 Å². The predicted molar refractivity (Wildman–Crippen MR) is 151 cm³/mol. The van der Waals surface area contributed by atoms with E-state index in [0.29, 0.717) is 39.1 Å². The molecule has 0 aliphatic carbocycles. The molecule has 1 aromatic heterocycles. The van der Waals surface area contributed by atoms with Crippen LogP contribution in [-0.2, 0) is 32.5 Å². The van der Waals surface area contributed by atoms with Crippen LogP contribution in [0.25, 0.3) is 10.9 Å². The van der Waals surface area contributed by atoms with Gasteiger partial charge >= 0.3 is 0 Å². The summed E-state index contributed by atoms with van der Waals surface area (Å²) in [5.74, 6) is 1.46. The number of nitrogens with two attached hydrogens (primary N) is 1. The van der Waals surface area contributed by atoms with Gasteiger partial charge in [-0.2, -0.15) is 0 Å². The summed E-state index contributed by atoms with van der Waals surface area (Å²) in [5.41, 5.74) is 4.17. The lowest BCUT2D eigenvalue weighted by atomic mass is 10.1. The molecule has 5 rings (SSSR count). The van der Waals surface area contributed by atoms with Crippen molar-refractivity contribution >= 4 is 33.2 Å². The number of H-pyrrole nitrogens is 1. The van der Waals surface area contributed by atoms with E-state index in [1.54, 1.807) is 12.1 Å². The van der Waals surface area contributed by atoms with Crippen molar-refractivity contribution in [2.24, 2.45) is 5.14 Å². The van der Waals surface area contributed by atoms with Crippen LogP contribution in [0.2, 0.25) is 0 Å². The Morgan fingerprint density at radius 2 is 1.65 bits per heavy atom. The Hall–Kier alpha value is -4.35. The third-order valence-corrected chi connectivity index (χ3v) is 7.37. The lowest BCUT2D eigenvalue weighted by Gasteiger charge is -2.17. The van der Waals surface area contributed by atoms with Crippen molar-refractivity contribution in [3.05, 3.63) is 89.6 Å². The summed E-state index contributed by atoms with van der Waals surface area (Å²) in [6, 6.07) is 21.8. The Kier molecular flexibility index (Phi) is 9.41. The first-order chi connectivity index (χ1) is 19.2. The van der Waals surface area contributed by atoms with Gasteiger partial charge in [0, 0.05) is 29.7 Å². The minimum Gasteiger partial charge on any atom is -0.454 e. The van der Waals surface area contributed by atoms with Crippen molar-refractivity contribution in [2.75, 3.05) is 26.4 Å². The summed E-state index contributed by atoms with van der Waals surface area (Å²) in [6.45, 7) is 3.15. The van der Waals surface area contributed by atoms with Gasteiger partial charge in [0.2, 0.25) is 29.1 Å². The number of hydrogen-bond acceptors (Lipinski definition) is 6. The number of rotatable bonds is 10. The SMILES string of the molecule is Cc1[nH]c2ccccc2c1CCNC(=O)CN(C=O)CCc1ccc(S(N)(=O)=O)cc1.c1ccc2c(c1)OCO2. The van der Waals surface area contributed by atoms with Crippen LogP contribution in [0, 0.1) is 6.92 Å². The summed E-state index contributed by atoms with van der Waals surface area (Å²) in [5, 5.41) is 9.10. The van der Waals surface area contributed by atoms with Crippen LogP contribution in [0.5, 0.6) is 11.5 Å². The minimum absolute atomic E-state index is 0.0355. The second kappa shape index (κ2) is 13.1. The van der Waals surface area contributed by atoms with E-state index in [4.69, 9.17) is 14.6 Å². The fraction of sp³-hybridized carbons (Fsp3) is 0.241. The van der Waals surface area contributed by atoms with Gasteiger partial charge in [0.1, 0.15) is 0 Å². The molecule has 4 aromatic rings. The molecule has 0 unspecified atom stereocenters. The van der Waals surface area contributed by atoms with Crippen molar-refractivity contribution in [1.29, 1.82) is 0 Å². The number of nitrogens with zero attached hydrogens (tertiary/aromatic N) is 1. The highest BCUT2D eigenvalue weighted by Crippen LogP contribution is 2.30. The number of para-hydroxylation sites is 3. The van der Waals surface area contributed by atoms with E-state index >= 15 is 0 Å². The molecular formula is C29H32N4O6S. The molecule has 40 heavy (non-hydrogen) atoms. The Bertz CT molecular complexity index is 1540. The molecule has 2 amide bonds. The number of aromatic nitrogens is 1. The standard InChI is InChI=1S/C22H26N4O4S.C7H6O2/c1-16-19(20-4-2-3-5-21(20)25-16)10-12-24-22(28)14-26(15-27)13-11-17-6-8-18(9-7-17)31(23,29)30;1-2-4-7-6(3-1)8-5-9-7/h2-9,15,25H,10-14H2,1H3,(H,24,28)(H2,23,29,30);1-4H,5H2. The Morgan fingerprint density at radius 1 is 1.00 bits per heavy atom. The Labute approximate surface area is 233 Å².